The zero-order valence-corrected chi connectivity index (χ0v) is 18.0. The van der Waals surface area contributed by atoms with Gasteiger partial charge in [0.25, 0.3) is 5.91 Å². The van der Waals surface area contributed by atoms with Gasteiger partial charge in [-0.3, -0.25) is 14.5 Å². The van der Waals surface area contributed by atoms with E-state index in [9.17, 15) is 9.59 Å². The topological polar surface area (TPSA) is 91.6 Å². The molecule has 2 amide bonds. The van der Waals surface area contributed by atoms with Crippen LogP contribution in [-0.2, 0) is 0 Å². The summed E-state index contributed by atoms with van der Waals surface area (Å²) in [7, 11) is 0. The SMILES string of the molecule is Cc1cccc(N2CCN(CCCCNC(=O)c3ncc(C(N)=O)cc3Cl)CC2)c1. The molecule has 0 aliphatic carbocycles. The number of carbonyl (C=O) groups excluding carboxylic acids is 2. The molecule has 3 N–H and O–H groups in total. The molecule has 2 aromatic rings. The second-order valence-electron chi connectivity index (χ2n) is 7.55. The quantitative estimate of drug-likeness (QED) is 0.629. The lowest BCUT2D eigenvalue weighted by molar-refractivity contribution is 0.0944. The number of nitrogens with two attached hydrogens (primary N) is 1. The molecule has 0 spiro atoms. The molecular formula is C22H28ClN5O2. The summed E-state index contributed by atoms with van der Waals surface area (Å²) in [5, 5.41) is 2.95. The lowest BCUT2D eigenvalue weighted by atomic mass is 10.2. The highest BCUT2D eigenvalue weighted by Gasteiger charge is 2.17. The number of unbranched alkanes of at least 4 members (excludes halogenated alkanes) is 1. The number of anilines is 1. The fourth-order valence-corrected chi connectivity index (χ4v) is 3.79. The molecule has 0 bridgehead atoms. The Balaban J connectivity index is 1.34. The van der Waals surface area contributed by atoms with Crippen molar-refractivity contribution in [3.63, 3.8) is 0 Å². The molecule has 1 aromatic carbocycles. The van der Waals surface area contributed by atoms with Gasteiger partial charge in [-0.15, -0.1) is 0 Å². The van der Waals surface area contributed by atoms with E-state index in [2.05, 4.69) is 51.3 Å². The van der Waals surface area contributed by atoms with E-state index in [-0.39, 0.29) is 22.2 Å². The van der Waals surface area contributed by atoms with Gasteiger partial charge in [0.05, 0.1) is 10.6 Å². The third-order valence-electron chi connectivity index (χ3n) is 5.27. The van der Waals surface area contributed by atoms with Crippen LogP contribution in [-0.4, -0.2) is 61.0 Å². The highest BCUT2D eigenvalue weighted by atomic mass is 35.5. The van der Waals surface area contributed by atoms with E-state index < -0.39 is 5.91 Å². The van der Waals surface area contributed by atoms with Gasteiger partial charge in [-0.05, 0) is 50.1 Å². The van der Waals surface area contributed by atoms with Gasteiger partial charge in [0, 0.05) is 44.6 Å². The first kappa shape index (κ1) is 22.1. The number of nitrogens with one attached hydrogen (secondary N) is 1. The summed E-state index contributed by atoms with van der Waals surface area (Å²) in [5.74, 6) is -0.973. The summed E-state index contributed by atoms with van der Waals surface area (Å²) in [4.78, 5) is 32.2. The molecule has 0 saturated carbocycles. The standard InChI is InChI=1S/C22H28ClN5O2/c1-16-5-4-6-18(13-16)28-11-9-27(10-12-28)8-3-2-7-25-22(30)20-19(23)14-17(15-26-20)21(24)29/h4-6,13-15H,2-3,7-12H2,1H3,(H2,24,29)(H,25,30). The minimum absolute atomic E-state index is 0.105. The minimum Gasteiger partial charge on any atom is -0.369 e. The third kappa shape index (κ3) is 5.93. The van der Waals surface area contributed by atoms with Crippen LogP contribution in [0.5, 0.6) is 0 Å². The first-order valence-electron chi connectivity index (χ1n) is 10.2. The van der Waals surface area contributed by atoms with Crippen LogP contribution in [0, 0.1) is 6.92 Å². The van der Waals surface area contributed by atoms with E-state index in [0.717, 1.165) is 45.6 Å². The number of nitrogens with zero attached hydrogens (tertiary/aromatic N) is 3. The van der Waals surface area contributed by atoms with Crippen LogP contribution < -0.4 is 16.0 Å². The average molecular weight is 430 g/mol. The van der Waals surface area contributed by atoms with Crippen LogP contribution in [0.25, 0.3) is 0 Å². The number of halogens is 1. The van der Waals surface area contributed by atoms with Gasteiger partial charge < -0.3 is 16.0 Å². The second-order valence-corrected chi connectivity index (χ2v) is 7.96. The maximum Gasteiger partial charge on any atom is 0.271 e. The van der Waals surface area contributed by atoms with Crippen molar-refractivity contribution in [2.45, 2.75) is 19.8 Å². The summed E-state index contributed by atoms with van der Waals surface area (Å²) in [6, 6.07) is 10.0. The van der Waals surface area contributed by atoms with Gasteiger partial charge in [-0.2, -0.15) is 0 Å². The largest absolute Gasteiger partial charge is 0.369 e. The first-order chi connectivity index (χ1) is 14.4. The summed E-state index contributed by atoms with van der Waals surface area (Å²) < 4.78 is 0. The van der Waals surface area contributed by atoms with E-state index in [1.165, 1.54) is 23.5 Å². The number of rotatable bonds is 8. The van der Waals surface area contributed by atoms with Gasteiger partial charge in [0.1, 0.15) is 5.69 Å². The van der Waals surface area contributed by atoms with Gasteiger partial charge in [0.2, 0.25) is 5.91 Å². The number of aromatic nitrogens is 1. The van der Waals surface area contributed by atoms with Crippen LogP contribution >= 0.6 is 11.6 Å². The molecule has 0 unspecified atom stereocenters. The van der Waals surface area contributed by atoms with Crippen LogP contribution in [0.1, 0.15) is 39.3 Å². The van der Waals surface area contributed by atoms with Crippen LogP contribution in [0.4, 0.5) is 5.69 Å². The Labute approximate surface area is 182 Å². The number of hydrogen-bond acceptors (Lipinski definition) is 5. The number of amides is 2. The highest BCUT2D eigenvalue weighted by molar-refractivity contribution is 6.33. The van der Waals surface area contributed by atoms with Gasteiger partial charge in [0.15, 0.2) is 0 Å². The molecule has 1 fully saturated rings. The minimum atomic E-state index is -0.629. The van der Waals surface area contributed by atoms with Gasteiger partial charge >= 0.3 is 0 Å². The monoisotopic (exact) mass is 429 g/mol. The predicted molar refractivity (Wildman–Crippen MR) is 119 cm³/mol. The summed E-state index contributed by atoms with van der Waals surface area (Å²) in [6.45, 7) is 7.86. The Kier molecular flexibility index (Phi) is 7.65. The molecule has 1 aliphatic heterocycles. The molecule has 3 rings (SSSR count). The first-order valence-corrected chi connectivity index (χ1v) is 10.6. The Hall–Kier alpha value is -2.64. The number of piperazine rings is 1. The Morgan fingerprint density at radius 3 is 2.60 bits per heavy atom. The molecule has 1 aliphatic rings. The number of carbonyl (C=O) groups is 2. The van der Waals surface area contributed by atoms with E-state index in [0.29, 0.717) is 6.54 Å². The van der Waals surface area contributed by atoms with Crippen molar-refractivity contribution in [2.75, 3.05) is 44.2 Å². The maximum absolute atomic E-state index is 12.2. The fourth-order valence-electron chi connectivity index (χ4n) is 3.54. The zero-order valence-electron chi connectivity index (χ0n) is 17.2. The molecule has 1 saturated heterocycles. The predicted octanol–water partition coefficient (Wildman–Crippen LogP) is 2.47. The number of benzene rings is 1. The van der Waals surface area contributed by atoms with E-state index in [1.54, 1.807) is 0 Å². The van der Waals surface area contributed by atoms with Crippen LogP contribution in [0.2, 0.25) is 5.02 Å². The smallest absolute Gasteiger partial charge is 0.271 e. The van der Waals surface area contributed by atoms with Crippen molar-refractivity contribution >= 4 is 29.1 Å². The fraction of sp³-hybridized carbons (Fsp3) is 0.409. The molecular weight excluding hydrogens is 402 g/mol. The second kappa shape index (κ2) is 10.4. The summed E-state index contributed by atoms with van der Waals surface area (Å²) in [6.07, 6.45) is 3.15. The Morgan fingerprint density at radius 1 is 1.17 bits per heavy atom. The highest BCUT2D eigenvalue weighted by Crippen LogP contribution is 2.18. The Bertz CT molecular complexity index is 897. The van der Waals surface area contributed by atoms with Gasteiger partial charge in [-0.1, -0.05) is 23.7 Å². The lowest BCUT2D eigenvalue weighted by Crippen LogP contribution is -2.46. The van der Waals surface area contributed by atoms with Crippen molar-refractivity contribution in [3.8, 4) is 0 Å². The molecule has 8 heteroatoms. The van der Waals surface area contributed by atoms with Crippen molar-refractivity contribution in [1.29, 1.82) is 0 Å². The molecule has 1 aromatic heterocycles. The average Bonchev–Trinajstić information content (AvgIpc) is 2.73. The van der Waals surface area contributed by atoms with E-state index >= 15 is 0 Å². The van der Waals surface area contributed by atoms with Crippen molar-refractivity contribution in [2.24, 2.45) is 5.73 Å². The number of aryl methyl sites for hydroxylation is 1. The van der Waals surface area contributed by atoms with Crippen molar-refractivity contribution in [1.82, 2.24) is 15.2 Å². The summed E-state index contributed by atoms with van der Waals surface area (Å²) in [5.41, 5.74) is 8.06. The van der Waals surface area contributed by atoms with Crippen LogP contribution in [0.3, 0.4) is 0 Å². The van der Waals surface area contributed by atoms with Crippen molar-refractivity contribution in [3.05, 3.63) is 58.4 Å². The number of primary amides is 1. The molecule has 30 heavy (non-hydrogen) atoms. The molecule has 160 valence electrons. The molecule has 2 heterocycles. The zero-order chi connectivity index (χ0) is 21.5. The third-order valence-corrected chi connectivity index (χ3v) is 5.55. The Morgan fingerprint density at radius 2 is 1.93 bits per heavy atom. The van der Waals surface area contributed by atoms with Crippen molar-refractivity contribution < 1.29 is 9.59 Å². The van der Waals surface area contributed by atoms with Crippen LogP contribution in [0.15, 0.2) is 36.5 Å². The number of hydrogen-bond donors (Lipinski definition) is 2. The van der Waals surface area contributed by atoms with E-state index in [1.807, 2.05) is 0 Å². The van der Waals surface area contributed by atoms with E-state index in [4.69, 9.17) is 17.3 Å². The normalized spacial score (nSPS) is 14.5. The molecule has 0 radical (unpaired) electrons. The molecule has 7 nitrogen and oxygen atoms in total. The maximum atomic E-state index is 12.2. The van der Waals surface area contributed by atoms with Gasteiger partial charge in [-0.25, -0.2) is 4.98 Å². The molecule has 0 atom stereocenters. The lowest BCUT2D eigenvalue weighted by Gasteiger charge is -2.36. The summed E-state index contributed by atoms with van der Waals surface area (Å²) >= 11 is 6.03. The number of pyridine rings is 1.